The zero-order chi connectivity index (χ0) is 12.1. The molecule has 0 radical (unpaired) electrons. The van der Waals surface area contributed by atoms with Crippen molar-refractivity contribution in [1.82, 2.24) is 0 Å². The van der Waals surface area contributed by atoms with Gasteiger partial charge >= 0.3 is 117 Å². The van der Waals surface area contributed by atoms with Crippen LogP contribution in [0, 0.1) is 3.14 Å². The molecule has 0 saturated carbocycles. The van der Waals surface area contributed by atoms with Crippen LogP contribution in [0.2, 0.25) is 0 Å². The SMILES string of the molecule is COC(=O)c1sc(=[S+][I-]Cl)sc1C(=O)OC. The third kappa shape index (κ3) is 3.36. The zero-order valence-corrected chi connectivity index (χ0v) is 13.5. The summed E-state index contributed by atoms with van der Waals surface area (Å²) >= 11 is 1.91. The summed E-state index contributed by atoms with van der Waals surface area (Å²) in [5.74, 6) is -1.05. The average Bonchev–Trinajstić information content (AvgIpc) is 2.71. The van der Waals surface area contributed by atoms with E-state index in [9.17, 15) is 9.59 Å². The van der Waals surface area contributed by atoms with E-state index in [2.05, 4.69) is 9.47 Å². The third-order valence-electron chi connectivity index (χ3n) is 1.41. The van der Waals surface area contributed by atoms with E-state index in [-0.39, 0.29) is 9.75 Å². The second-order valence-corrected chi connectivity index (χ2v) is 10.4. The van der Waals surface area contributed by atoms with Crippen LogP contribution in [-0.4, -0.2) is 26.2 Å². The molecule has 0 amide bonds. The van der Waals surface area contributed by atoms with Crippen molar-refractivity contribution < 1.29 is 37.8 Å². The van der Waals surface area contributed by atoms with Crippen LogP contribution in [0.1, 0.15) is 19.3 Å². The van der Waals surface area contributed by atoms with Crippen LogP contribution in [0.3, 0.4) is 0 Å². The van der Waals surface area contributed by atoms with Crippen LogP contribution in [-0.2, 0) is 18.0 Å². The standard InChI is InChI=1S/C7H6ClIO4S3/c1-12-5(10)3-4(6(11)13-2)15-7(14-3)16-9-8/h1-2H3. The van der Waals surface area contributed by atoms with Gasteiger partial charge in [0.15, 0.2) is 0 Å². The first kappa shape index (κ1) is 14.3. The summed E-state index contributed by atoms with van der Waals surface area (Å²) in [6, 6.07) is 0. The van der Waals surface area contributed by atoms with Crippen molar-refractivity contribution in [3.63, 3.8) is 0 Å². The number of hydrogen-bond acceptors (Lipinski definition) is 6. The Morgan fingerprint density at radius 1 is 1.19 bits per heavy atom. The molecule has 0 saturated heterocycles. The van der Waals surface area contributed by atoms with Crippen LogP contribution in [0.4, 0.5) is 0 Å². The number of methoxy groups -OCH3 is 2. The molecule has 0 unspecified atom stereocenters. The van der Waals surface area contributed by atoms with Gasteiger partial charge in [0.1, 0.15) is 0 Å². The number of carbonyl (C=O) groups excluding carboxylic acids is 2. The van der Waals surface area contributed by atoms with E-state index in [0.717, 1.165) is 3.14 Å². The van der Waals surface area contributed by atoms with Crippen molar-refractivity contribution in [1.29, 1.82) is 0 Å². The summed E-state index contributed by atoms with van der Waals surface area (Å²) < 4.78 is 10.1. The van der Waals surface area contributed by atoms with E-state index in [0.29, 0.717) is 0 Å². The molecular formula is C7H6ClIO4S3. The molecule has 1 heterocycles. The van der Waals surface area contributed by atoms with Gasteiger partial charge in [-0.1, -0.05) is 0 Å². The number of rotatable bonds is 3. The molecule has 9 heteroatoms. The van der Waals surface area contributed by atoms with Crippen LogP contribution in [0.15, 0.2) is 0 Å². The molecule has 0 aliphatic heterocycles. The summed E-state index contributed by atoms with van der Waals surface area (Å²) in [6.07, 6.45) is 0. The second kappa shape index (κ2) is 6.84. The Hall–Kier alpha value is 0.230. The molecule has 90 valence electrons. The Kier molecular flexibility index (Phi) is 6.11. The number of halogens is 2. The fourth-order valence-corrected chi connectivity index (χ4v) is 9.38. The third-order valence-corrected chi connectivity index (χ3v) is 9.49. The molecule has 16 heavy (non-hydrogen) atoms. The zero-order valence-electron chi connectivity index (χ0n) is 8.11. The predicted molar refractivity (Wildman–Crippen MR) is 61.3 cm³/mol. The van der Waals surface area contributed by atoms with Gasteiger partial charge in [-0.05, 0) is 0 Å². The fourth-order valence-electron chi connectivity index (χ4n) is 0.790. The second-order valence-electron chi connectivity index (χ2n) is 2.23. The normalized spacial score (nSPS) is 9.94. The Labute approximate surface area is 116 Å². The molecule has 0 aromatic carbocycles. The van der Waals surface area contributed by atoms with Gasteiger partial charge in [0.2, 0.25) is 0 Å². The molecule has 4 nitrogen and oxygen atoms in total. The fraction of sp³-hybridized carbons (Fsp3) is 0.286. The minimum atomic E-state index is -0.527. The van der Waals surface area contributed by atoms with Crippen molar-refractivity contribution in [3.05, 3.63) is 12.9 Å². The van der Waals surface area contributed by atoms with Crippen molar-refractivity contribution >= 4 is 52.0 Å². The van der Waals surface area contributed by atoms with Gasteiger partial charge < -0.3 is 0 Å². The monoisotopic (exact) mass is 412 g/mol. The molecule has 1 aromatic rings. The molecule has 1 rings (SSSR count). The maximum absolute atomic E-state index is 11.4. The Balaban J connectivity index is 3.28. The summed E-state index contributed by atoms with van der Waals surface area (Å²) in [6.45, 7) is 0. The van der Waals surface area contributed by atoms with Crippen LogP contribution in [0.5, 0.6) is 0 Å². The molecule has 0 aliphatic carbocycles. The van der Waals surface area contributed by atoms with Crippen molar-refractivity contribution in [2.45, 2.75) is 0 Å². The van der Waals surface area contributed by atoms with Crippen molar-refractivity contribution in [2.24, 2.45) is 0 Å². The van der Waals surface area contributed by atoms with Gasteiger partial charge in [0.25, 0.3) is 0 Å². The summed E-state index contributed by atoms with van der Waals surface area (Å²) in [5.41, 5.74) is 0. The van der Waals surface area contributed by atoms with Crippen LogP contribution in [0.25, 0.3) is 0 Å². The van der Waals surface area contributed by atoms with Crippen LogP contribution < -0.4 is 18.7 Å². The number of hydrogen-bond donors (Lipinski definition) is 0. The Morgan fingerprint density at radius 3 is 1.94 bits per heavy atom. The molecule has 0 N–H and O–H groups in total. The van der Waals surface area contributed by atoms with E-state index in [1.165, 1.54) is 45.4 Å². The van der Waals surface area contributed by atoms with Gasteiger partial charge in [-0.25, -0.2) is 0 Å². The number of esters is 2. The van der Waals surface area contributed by atoms with E-state index in [4.69, 9.17) is 8.91 Å². The molecular weight excluding hydrogens is 407 g/mol. The predicted octanol–water partition coefficient (Wildman–Crippen LogP) is -0.845. The maximum atomic E-state index is 11.4. The van der Waals surface area contributed by atoms with Gasteiger partial charge in [0.05, 0.1) is 0 Å². The first-order valence-electron chi connectivity index (χ1n) is 3.70. The summed E-state index contributed by atoms with van der Waals surface area (Å²) in [4.78, 5) is 23.4. The van der Waals surface area contributed by atoms with Crippen LogP contribution >= 0.6 is 31.6 Å². The van der Waals surface area contributed by atoms with Gasteiger partial charge in [-0.2, -0.15) is 0 Å². The molecule has 0 bridgehead atoms. The molecule has 0 fully saturated rings. The minimum absolute atomic E-state index is 0.274. The topological polar surface area (TPSA) is 52.6 Å². The summed E-state index contributed by atoms with van der Waals surface area (Å²) in [7, 11) is 9.69. The van der Waals surface area contributed by atoms with E-state index in [1.54, 1.807) is 0 Å². The van der Waals surface area contributed by atoms with Gasteiger partial charge in [-0.15, -0.1) is 0 Å². The van der Waals surface area contributed by atoms with Gasteiger partial charge in [0, 0.05) is 0 Å². The Morgan fingerprint density at radius 2 is 1.62 bits per heavy atom. The van der Waals surface area contributed by atoms with E-state index in [1.807, 2.05) is 0 Å². The Bertz CT molecular complexity index is 430. The molecule has 0 spiro atoms. The molecule has 0 atom stereocenters. The number of carbonyl (C=O) groups is 2. The first-order valence-corrected chi connectivity index (χ1v) is 11.4. The van der Waals surface area contributed by atoms with Crippen molar-refractivity contribution in [2.75, 3.05) is 14.2 Å². The quantitative estimate of drug-likeness (QED) is 0.281. The van der Waals surface area contributed by atoms with Gasteiger partial charge in [-0.3, -0.25) is 0 Å². The average molecular weight is 413 g/mol. The van der Waals surface area contributed by atoms with Crippen molar-refractivity contribution in [3.8, 4) is 0 Å². The molecule has 0 aliphatic rings. The first-order chi connectivity index (χ1) is 7.63. The van der Waals surface area contributed by atoms with E-state index < -0.39 is 30.6 Å². The molecule has 1 aromatic heterocycles. The number of ether oxygens (including phenoxy) is 2. The summed E-state index contributed by atoms with van der Waals surface area (Å²) in [5, 5.41) is 0. The van der Waals surface area contributed by atoms with E-state index >= 15 is 0 Å².